The molecular weight excluding hydrogens is 278 g/mol. The third-order valence-corrected chi connectivity index (χ3v) is 4.18. The Hall–Kier alpha value is -1.16. The van der Waals surface area contributed by atoms with Crippen LogP contribution >= 0.6 is 0 Å². The summed E-state index contributed by atoms with van der Waals surface area (Å²) in [4.78, 5) is 27.3. The van der Waals surface area contributed by atoms with Crippen LogP contribution in [0.25, 0.3) is 0 Å². The molecule has 1 heterocycles. The van der Waals surface area contributed by atoms with Gasteiger partial charge in [-0.25, -0.2) is 0 Å². The van der Waals surface area contributed by atoms with Crippen LogP contribution in [0.5, 0.6) is 0 Å². The molecule has 0 aromatic heterocycles. The first kappa shape index (κ1) is 18.9. The van der Waals surface area contributed by atoms with Crippen molar-refractivity contribution in [3.63, 3.8) is 0 Å². The minimum Gasteiger partial charge on any atom is -0.468 e. The molecule has 0 aliphatic carbocycles. The van der Waals surface area contributed by atoms with E-state index in [0.29, 0.717) is 18.8 Å². The van der Waals surface area contributed by atoms with E-state index in [0.717, 1.165) is 0 Å². The SMILES string of the molecule is CCN(CC)[C@]1(CC(=O)C(C)(C)C)OC(C(C)(C)C)=CC1=O. The van der Waals surface area contributed by atoms with Crippen molar-refractivity contribution in [3.8, 4) is 0 Å². The first-order chi connectivity index (χ1) is 9.88. The second-order valence-electron chi connectivity index (χ2n) is 8.03. The summed E-state index contributed by atoms with van der Waals surface area (Å²) in [5.41, 5.74) is -1.92. The van der Waals surface area contributed by atoms with Crippen LogP contribution < -0.4 is 0 Å². The van der Waals surface area contributed by atoms with Crippen molar-refractivity contribution in [1.29, 1.82) is 0 Å². The number of ether oxygens (including phenoxy) is 1. The average molecular weight is 309 g/mol. The highest BCUT2D eigenvalue weighted by Crippen LogP contribution is 2.41. The zero-order valence-electron chi connectivity index (χ0n) is 15.4. The summed E-state index contributed by atoms with van der Waals surface area (Å²) in [5, 5.41) is 0. The molecule has 0 radical (unpaired) electrons. The van der Waals surface area contributed by atoms with Gasteiger partial charge in [-0.2, -0.15) is 0 Å². The average Bonchev–Trinajstić information content (AvgIpc) is 2.68. The molecule has 1 atom stereocenters. The van der Waals surface area contributed by atoms with Crippen molar-refractivity contribution in [2.24, 2.45) is 10.8 Å². The lowest BCUT2D eigenvalue weighted by Gasteiger charge is -2.40. The van der Waals surface area contributed by atoms with Crippen molar-refractivity contribution >= 4 is 11.6 Å². The summed E-state index contributed by atoms with van der Waals surface area (Å²) < 4.78 is 6.15. The lowest BCUT2D eigenvalue weighted by molar-refractivity contribution is -0.165. The molecule has 0 aromatic rings. The lowest BCUT2D eigenvalue weighted by atomic mass is 9.84. The van der Waals surface area contributed by atoms with E-state index in [-0.39, 0.29) is 23.4 Å². The zero-order valence-corrected chi connectivity index (χ0v) is 15.4. The number of hydrogen-bond acceptors (Lipinski definition) is 4. The second-order valence-corrected chi connectivity index (χ2v) is 8.03. The number of Topliss-reactive ketones (excluding diaryl/α,β-unsaturated/α-hetero) is 1. The van der Waals surface area contributed by atoms with Crippen LogP contribution in [0.1, 0.15) is 61.8 Å². The monoisotopic (exact) mass is 309 g/mol. The van der Waals surface area contributed by atoms with E-state index in [1.807, 2.05) is 60.3 Å². The van der Waals surface area contributed by atoms with Crippen LogP contribution in [0.3, 0.4) is 0 Å². The summed E-state index contributed by atoms with van der Waals surface area (Å²) in [6, 6.07) is 0. The van der Waals surface area contributed by atoms with Crippen LogP contribution in [0.4, 0.5) is 0 Å². The number of likely N-dealkylation sites (N-methyl/N-ethyl adjacent to an activating group) is 1. The van der Waals surface area contributed by atoms with Crippen molar-refractivity contribution < 1.29 is 14.3 Å². The summed E-state index contributed by atoms with van der Waals surface area (Å²) in [6.45, 7) is 16.9. The Balaban J connectivity index is 3.23. The molecule has 0 unspecified atom stereocenters. The van der Waals surface area contributed by atoms with E-state index in [1.165, 1.54) is 0 Å². The van der Waals surface area contributed by atoms with Crippen LogP contribution in [0, 0.1) is 10.8 Å². The van der Waals surface area contributed by atoms with Gasteiger partial charge in [0.15, 0.2) is 0 Å². The first-order valence-electron chi connectivity index (χ1n) is 8.12. The van der Waals surface area contributed by atoms with Crippen molar-refractivity contribution in [3.05, 3.63) is 11.8 Å². The number of carbonyl (C=O) groups excluding carboxylic acids is 2. The molecule has 0 saturated carbocycles. The molecular formula is C18H31NO3. The normalized spacial score (nSPS) is 22.8. The predicted octanol–water partition coefficient (Wildman–Crippen LogP) is 3.56. The number of nitrogens with zero attached hydrogens (tertiary/aromatic N) is 1. The van der Waals surface area contributed by atoms with Gasteiger partial charge < -0.3 is 4.74 Å². The summed E-state index contributed by atoms with van der Waals surface area (Å²) in [7, 11) is 0. The molecule has 4 heteroatoms. The molecule has 0 fully saturated rings. The quantitative estimate of drug-likeness (QED) is 0.779. The number of carbonyl (C=O) groups is 2. The molecule has 1 rings (SSSR count). The lowest BCUT2D eigenvalue weighted by Crippen LogP contribution is -2.56. The Morgan fingerprint density at radius 3 is 1.95 bits per heavy atom. The van der Waals surface area contributed by atoms with Crippen LogP contribution in [0.2, 0.25) is 0 Å². The van der Waals surface area contributed by atoms with E-state index < -0.39 is 11.1 Å². The van der Waals surface area contributed by atoms with E-state index in [2.05, 4.69) is 0 Å². The maximum absolute atomic E-state index is 12.8. The molecule has 22 heavy (non-hydrogen) atoms. The molecule has 0 bridgehead atoms. The molecule has 0 aromatic carbocycles. The van der Waals surface area contributed by atoms with Gasteiger partial charge in [-0.15, -0.1) is 0 Å². The summed E-state index contributed by atoms with van der Waals surface area (Å²) in [5.74, 6) is 0.584. The first-order valence-corrected chi connectivity index (χ1v) is 8.12. The van der Waals surface area contributed by atoms with Crippen molar-refractivity contribution in [2.75, 3.05) is 13.1 Å². The van der Waals surface area contributed by atoms with Crippen molar-refractivity contribution in [2.45, 2.75) is 67.5 Å². The minimum atomic E-state index is -1.17. The molecule has 0 saturated heterocycles. The van der Waals surface area contributed by atoms with Gasteiger partial charge in [0, 0.05) is 16.9 Å². The highest BCUT2D eigenvalue weighted by atomic mass is 16.5. The van der Waals surface area contributed by atoms with Gasteiger partial charge in [-0.3, -0.25) is 14.5 Å². The number of rotatable bonds is 5. The Morgan fingerprint density at radius 1 is 1.14 bits per heavy atom. The molecule has 1 aliphatic heterocycles. The Kier molecular flexibility index (Phi) is 5.28. The number of hydrogen-bond donors (Lipinski definition) is 0. The highest BCUT2D eigenvalue weighted by molar-refractivity contribution is 6.02. The Bertz CT molecular complexity index is 476. The largest absolute Gasteiger partial charge is 0.468 e. The van der Waals surface area contributed by atoms with E-state index >= 15 is 0 Å². The summed E-state index contributed by atoms with van der Waals surface area (Å²) >= 11 is 0. The molecule has 0 N–H and O–H groups in total. The van der Waals surface area contributed by atoms with Crippen LogP contribution in [0.15, 0.2) is 11.8 Å². The molecule has 0 amide bonds. The third-order valence-electron chi connectivity index (χ3n) is 4.18. The van der Waals surface area contributed by atoms with Gasteiger partial charge in [0.05, 0.1) is 6.42 Å². The predicted molar refractivity (Wildman–Crippen MR) is 88.4 cm³/mol. The van der Waals surface area contributed by atoms with Gasteiger partial charge in [0.1, 0.15) is 11.5 Å². The maximum Gasteiger partial charge on any atom is 0.233 e. The van der Waals surface area contributed by atoms with Gasteiger partial charge in [-0.1, -0.05) is 55.4 Å². The fourth-order valence-electron chi connectivity index (χ4n) is 2.54. The van der Waals surface area contributed by atoms with Gasteiger partial charge in [-0.05, 0) is 13.1 Å². The van der Waals surface area contributed by atoms with Crippen LogP contribution in [-0.4, -0.2) is 35.3 Å². The van der Waals surface area contributed by atoms with E-state index in [9.17, 15) is 9.59 Å². The van der Waals surface area contributed by atoms with Gasteiger partial charge >= 0.3 is 0 Å². The number of allylic oxidation sites excluding steroid dienone is 1. The highest BCUT2D eigenvalue weighted by Gasteiger charge is 2.52. The molecule has 0 spiro atoms. The Morgan fingerprint density at radius 2 is 1.64 bits per heavy atom. The van der Waals surface area contributed by atoms with Gasteiger partial charge in [0.25, 0.3) is 0 Å². The minimum absolute atomic E-state index is 0.0382. The van der Waals surface area contributed by atoms with Crippen molar-refractivity contribution in [1.82, 2.24) is 4.90 Å². The zero-order chi connectivity index (χ0) is 17.3. The van der Waals surface area contributed by atoms with E-state index in [1.54, 1.807) is 6.08 Å². The number of ketones is 2. The maximum atomic E-state index is 12.8. The smallest absolute Gasteiger partial charge is 0.233 e. The fraction of sp³-hybridized carbons (Fsp3) is 0.778. The van der Waals surface area contributed by atoms with Crippen LogP contribution in [-0.2, 0) is 14.3 Å². The molecule has 4 nitrogen and oxygen atoms in total. The topological polar surface area (TPSA) is 46.6 Å². The molecule has 126 valence electrons. The fourth-order valence-corrected chi connectivity index (χ4v) is 2.54. The van der Waals surface area contributed by atoms with E-state index in [4.69, 9.17) is 4.74 Å². The standard InChI is InChI=1S/C18H31NO3/c1-9-19(10-2)18(12-14(21)16(3,4)5)13(20)11-15(22-18)17(6,7)8/h11H,9-10,12H2,1-8H3/t18-/m1/s1. The molecule has 1 aliphatic rings. The third kappa shape index (κ3) is 3.60. The Labute approximate surface area is 134 Å². The van der Waals surface area contributed by atoms with Gasteiger partial charge in [0.2, 0.25) is 11.5 Å². The second kappa shape index (κ2) is 6.15. The summed E-state index contributed by atoms with van der Waals surface area (Å²) in [6.07, 6.45) is 1.67.